The van der Waals surface area contributed by atoms with E-state index in [-0.39, 0.29) is 0 Å². The molecule has 1 aliphatic heterocycles. The Bertz CT molecular complexity index is 675. The molecule has 1 atom stereocenters. The summed E-state index contributed by atoms with van der Waals surface area (Å²) in [6.07, 6.45) is 1.23. The fourth-order valence-corrected chi connectivity index (χ4v) is 3.85. The Balaban J connectivity index is 0.00000117. The maximum Gasteiger partial charge on any atom is 0.0670 e. The average molecular weight is 353 g/mol. The molecule has 2 aromatic carbocycles. The van der Waals surface area contributed by atoms with Crippen LogP contribution in [0.4, 0.5) is 5.69 Å². The van der Waals surface area contributed by atoms with Gasteiger partial charge in [0.2, 0.25) is 0 Å². The van der Waals surface area contributed by atoms with Crippen LogP contribution < -0.4 is 4.90 Å². The summed E-state index contributed by atoms with van der Waals surface area (Å²) in [5.74, 6) is 0. The maximum atomic E-state index is 2.62. The van der Waals surface area contributed by atoms with Crippen LogP contribution in [0.5, 0.6) is 0 Å². The van der Waals surface area contributed by atoms with E-state index < -0.39 is 0 Å². The van der Waals surface area contributed by atoms with Crippen LogP contribution in [0.3, 0.4) is 0 Å². The van der Waals surface area contributed by atoms with E-state index in [0.29, 0.717) is 6.04 Å². The predicted molar refractivity (Wildman–Crippen MR) is 115 cm³/mol. The zero-order valence-electron chi connectivity index (χ0n) is 17.5. The van der Waals surface area contributed by atoms with Crippen LogP contribution in [0.2, 0.25) is 0 Å². The predicted octanol–water partition coefficient (Wildman–Crippen LogP) is 5.91. The number of hydrogen-bond acceptors (Lipinski definition) is 2. The molecule has 2 nitrogen and oxygen atoms in total. The summed E-state index contributed by atoms with van der Waals surface area (Å²) >= 11 is 0. The van der Waals surface area contributed by atoms with Gasteiger partial charge in [0.15, 0.2) is 0 Å². The smallest absolute Gasteiger partial charge is 0.0670 e. The zero-order chi connectivity index (χ0) is 19.1. The molecule has 2 aromatic rings. The molecule has 26 heavy (non-hydrogen) atoms. The first-order valence-corrected chi connectivity index (χ1v) is 10.2. The second-order valence-electron chi connectivity index (χ2n) is 7.21. The van der Waals surface area contributed by atoms with Crippen molar-refractivity contribution in [2.75, 3.05) is 31.1 Å². The van der Waals surface area contributed by atoms with Crippen molar-refractivity contribution in [1.82, 2.24) is 4.90 Å². The van der Waals surface area contributed by atoms with Crippen molar-refractivity contribution in [1.29, 1.82) is 0 Å². The van der Waals surface area contributed by atoms with Gasteiger partial charge >= 0.3 is 0 Å². The molecule has 1 unspecified atom stereocenters. The first kappa shape index (κ1) is 20.5. The summed E-state index contributed by atoms with van der Waals surface area (Å²) in [6.45, 7) is 17.4. The van der Waals surface area contributed by atoms with Gasteiger partial charge in [-0.2, -0.15) is 0 Å². The molecule has 1 aliphatic rings. The van der Waals surface area contributed by atoms with Crippen LogP contribution in [-0.2, 0) is 0 Å². The average Bonchev–Trinajstić information content (AvgIpc) is 2.65. The highest BCUT2D eigenvalue weighted by Gasteiger charge is 2.28. The summed E-state index contributed by atoms with van der Waals surface area (Å²) in [4.78, 5) is 5.23. The van der Waals surface area contributed by atoms with E-state index in [0.717, 1.165) is 19.6 Å². The van der Waals surface area contributed by atoms with E-state index in [9.17, 15) is 0 Å². The molecule has 0 bridgehead atoms. The van der Waals surface area contributed by atoms with E-state index in [1.165, 1.54) is 40.9 Å². The monoisotopic (exact) mass is 352 g/mol. The number of aryl methyl sites for hydroxylation is 3. The summed E-state index contributed by atoms with van der Waals surface area (Å²) in [5, 5.41) is 0. The lowest BCUT2D eigenvalue weighted by Crippen LogP contribution is -2.48. The fraction of sp³-hybridized carbons (Fsp3) is 0.500. The lowest BCUT2D eigenvalue weighted by molar-refractivity contribution is 0.224. The summed E-state index contributed by atoms with van der Waals surface area (Å²) < 4.78 is 0. The molecule has 1 fully saturated rings. The molecule has 0 spiro atoms. The lowest BCUT2D eigenvalue weighted by atomic mass is 9.98. The van der Waals surface area contributed by atoms with Gasteiger partial charge in [-0.05, 0) is 50.9 Å². The number of nitrogens with zero attached hydrogens (tertiary/aromatic N) is 2. The molecule has 0 aromatic heterocycles. The fourth-order valence-electron chi connectivity index (χ4n) is 3.85. The van der Waals surface area contributed by atoms with Crippen molar-refractivity contribution in [3.05, 3.63) is 64.7 Å². The molecule has 0 aliphatic carbocycles. The molecule has 0 amide bonds. The molecular weight excluding hydrogens is 316 g/mol. The maximum absolute atomic E-state index is 2.62. The van der Waals surface area contributed by atoms with Crippen molar-refractivity contribution in [3.8, 4) is 0 Å². The lowest BCUT2D eigenvalue weighted by Gasteiger charge is -2.43. The summed E-state index contributed by atoms with van der Waals surface area (Å²) in [6, 6.07) is 16.4. The molecule has 1 saturated heterocycles. The third-order valence-electron chi connectivity index (χ3n) is 5.13. The van der Waals surface area contributed by atoms with E-state index >= 15 is 0 Å². The van der Waals surface area contributed by atoms with Crippen LogP contribution in [-0.4, -0.2) is 31.1 Å². The summed E-state index contributed by atoms with van der Waals surface area (Å²) in [7, 11) is 0. The first-order chi connectivity index (χ1) is 12.6. The van der Waals surface area contributed by atoms with Gasteiger partial charge in [0.05, 0.1) is 6.04 Å². The normalized spacial score (nSPS) is 17.6. The van der Waals surface area contributed by atoms with E-state index in [4.69, 9.17) is 0 Å². The zero-order valence-corrected chi connectivity index (χ0v) is 17.5. The Hall–Kier alpha value is -1.80. The number of hydrogen-bond donors (Lipinski definition) is 0. The van der Waals surface area contributed by atoms with Gasteiger partial charge in [0.1, 0.15) is 0 Å². The molecule has 142 valence electrons. The highest BCUT2D eigenvalue weighted by molar-refractivity contribution is 5.56. The minimum absolute atomic E-state index is 0.437. The SMILES string of the molecule is CC.CCCN1CCN(c2ccc(C)cc2C)C(c2ccc(C)cc2)C1. The van der Waals surface area contributed by atoms with Crippen LogP contribution in [0.15, 0.2) is 42.5 Å². The number of benzene rings is 2. The van der Waals surface area contributed by atoms with Crippen molar-refractivity contribution >= 4 is 5.69 Å². The minimum atomic E-state index is 0.437. The first-order valence-electron chi connectivity index (χ1n) is 10.2. The molecule has 0 saturated carbocycles. The van der Waals surface area contributed by atoms with E-state index in [1.54, 1.807) is 0 Å². The molecule has 1 heterocycles. The van der Waals surface area contributed by atoms with Crippen molar-refractivity contribution in [2.45, 2.75) is 54.0 Å². The molecule has 0 N–H and O–H groups in total. The van der Waals surface area contributed by atoms with Gasteiger partial charge in [0, 0.05) is 25.3 Å². The largest absolute Gasteiger partial charge is 0.362 e. The van der Waals surface area contributed by atoms with Gasteiger partial charge in [-0.1, -0.05) is 68.3 Å². The van der Waals surface area contributed by atoms with Gasteiger partial charge in [-0.15, -0.1) is 0 Å². The van der Waals surface area contributed by atoms with Crippen molar-refractivity contribution in [3.63, 3.8) is 0 Å². The van der Waals surface area contributed by atoms with Crippen molar-refractivity contribution in [2.24, 2.45) is 0 Å². The van der Waals surface area contributed by atoms with Gasteiger partial charge in [-0.25, -0.2) is 0 Å². The van der Waals surface area contributed by atoms with E-state index in [1.807, 2.05) is 13.8 Å². The highest BCUT2D eigenvalue weighted by Crippen LogP contribution is 2.33. The number of piperazine rings is 1. The molecule has 3 rings (SSSR count). The standard InChI is InChI=1S/C22H30N2.C2H6/c1-5-12-23-13-14-24(21-11-8-18(3)15-19(21)4)22(16-23)20-9-6-17(2)7-10-20;1-2/h6-11,15,22H,5,12-14,16H2,1-4H3;1-2H3. The van der Waals surface area contributed by atoms with Gasteiger partial charge in [-0.3, -0.25) is 4.90 Å². The Morgan fingerprint density at radius 2 is 1.54 bits per heavy atom. The number of rotatable bonds is 4. The Morgan fingerprint density at radius 3 is 2.15 bits per heavy atom. The highest BCUT2D eigenvalue weighted by atomic mass is 15.3. The second-order valence-corrected chi connectivity index (χ2v) is 7.21. The van der Waals surface area contributed by atoms with Crippen LogP contribution in [0.1, 0.15) is 55.5 Å². The van der Waals surface area contributed by atoms with E-state index in [2.05, 4.69) is 80.0 Å². The molecular formula is C24H36N2. The minimum Gasteiger partial charge on any atom is -0.362 e. The number of anilines is 1. The van der Waals surface area contributed by atoms with Gasteiger partial charge < -0.3 is 4.90 Å². The molecule has 2 heteroatoms. The topological polar surface area (TPSA) is 6.48 Å². The second kappa shape index (κ2) is 9.78. The third-order valence-corrected chi connectivity index (χ3v) is 5.13. The Morgan fingerprint density at radius 1 is 0.885 bits per heavy atom. The van der Waals surface area contributed by atoms with Crippen molar-refractivity contribution < 1.29 is 0 Å². The molecule has 0 radical (unpaired) electrons. The third kappa shape index (κ3) is 4.88. The van der Waals surface area contributed by atoms with Crippen LogP contribution >= 0.6 is 0 Å². The van der Waals surface area contributed by atoms with Gasteiger partial charge in [0.25, 0.3) is 0 Å². The Labute approximate surface area is 160 Å². The quantitative estimate of drug-likeness (QED) is 0.675. The van der Waals surface area contributed by atoms with Crippen LogP contribution in [0, 0.1) is 20.8 Å². The van der Waals surface area contributed by atoms with Crippen LogP contribution in [0.25, 0.3) is 0 Å². The Kier molecular flexibility index (Phi) is 7.71. The summed E-state index contributed by atoms with van der Waals surface area (Å²) in [5.41, 5.74) is 6.88.